The summed E-state index contributed by atoms with van der Waals surface area (Å²) in [5, 5.41) is 23.3. The fourth-order valence-corrected chi connectivity index (χ4v) is 1.95. The van der Waals surface area contributed by atoms with Crippen LogP contribution in [0.5, 0.6) is 11.5 Å². The van der Waals surface area contributed by atoms with Crippen LogP contribution in [0, 0.1) is 0 Å². The zero-order valence-corrected chi connectivity index (χ0v) is 11.4. The van der Waals surface area contributed by atoms with Crippen LogP contribution in [0.3, 0.4) is 0 Å². The minimum absolute atomic E-state index is 0.0710. The lowest BCUT2D eigenvalue weighted by atomic mass is 10.2. The Morgan fingerprint density at radius 1 is 1.52 bits per heavy atom. The number of amides is 1. The SMILES string of the molecule is COc1ccc(NC(=O)c2cn(C3CNC3)nn2)c(O)c1. The average Bonchev–Trinajstić information content (AvgIpc) is 2.88. The minimum Gasteiger partial charge on any atom is -0.506 e. The Bertz CT molecular complexity index is 666. The number of rotatable bonds is 4. The molecule has 21 heavy (non-hydrogen) atoms. The summed E-state index contributed by atoms with van der Waals surface area (Å²) in [6, 6.07) is 4.87. The first-order chi connectivity index (χ1) is 10.2. The second-order valence-electron chi connectivity index (χ2n) is 4.73. The molecule has 0 bridgehead atoms. The maximum absolute atomic E-state index is 12.1. The third kappa shape index (κ3) is 2.65. The summed E-state index contributed by atoms with van der Waals surface area (Å²) in [6.45, 7) is 1.65. The van der Waals surface area contributed by atoms with Crippen molar-refractivity contribution in [2.45, 2.75) is 6.04 Å². The maximum Gasteiger partial charge on any atom is 0.277 e. The summed E-state index contributed by atoms with van der Waals surface area (Å²) in [5.74, 6) is 0.0150. The summed E-state index contributed by atoms with van der Waals surface area (Å²) in [4.78, 5) is 12.1. The van der Waals surface area contributed by atoms with Gasteiger partial charge in [-0.25, -0.2) is 4.68 Å². The first kappa shape index (κ1) is 13.4. The van der Waals surface area contributed by atoms with E-state index in [1.807, 2.05) is 0 Å². The number of hydrogen-bond donors (Lipinski definition) is 3. The molecule has 2 heterocycles. The molecule has 2 aromatic rings. The molecule has 0 atom stereocenters. The Balaban J connectivity index is 1.72. The van der Waals surface area contributed by atoms with E-state index >= 15 is 0 Å². The number of benzene rings is 1. The maximum atomic E-state index is 12.1. The molecule has 0 spiro atoms. The van der Waals surface area contributed by atoms with Crippen LogP contribution in [0.4, 0.5) is 5.69 Å². The van der Waals surface area contributed by atoms with Gasteiger partial charge in [-0.15, -0.1) is 5.10 Å². The van der Waals surface area contributed by atoms with Gasteiger partial charge in [0, 0.05) is 19.2 Å². The highest BCUT2D eigenvalue weighted by Crippen LogP contribution is 2.28. The zero-order chi connectivity index (χ0) is 14.8. The van der Waals surface area contributed by atoms with Crippen LogP contribution in [0.15, 0.2) is 24.4 Å². The van der Waals surface area contributed by atoms with Crippen LogP contribution in [-0.2, 0) is 0 Å². The average molecular weight is 289 g/mol. The highest BCUT2D eigenvalue weighted by molar-refractivity contribution is 6.03. The quantitative estimate of drug-likeness (QED) is 0.704. The molecule has 1 fully saturated rings. The summed E-state index contributed by atoms with van der Waals surface area (Å²) in [7, 11) is 1.50. The number of methoxy groups -OCH3 is 1. The number of carbonyl (C=O) groups is 1. The van der Waals surface area contributed by atoms with Crippen LogP contribution < -0.4 is 15.4 Å². The van der Waals surface area contributed by atoms with E-state index in [2.05, 4.69) is 20.9 Å². The van der Waals surface area contributed by atoms with Crippen molar-refractivity contribution in [2.75, 3.05) is 25.5 Å². The standard InChI is InChI=1S/C13H15N5O3/c1-21-9-2-3-10(12(19)4-9)15-13(20)11-7-18(17-16-11)8-5-14-6-8/h2-4,7-8,14,19H,5-6H2,1H3,(H,15,20). The van der Waals surface area contributed by atoms with Crippen LogP contribution in [-0.4, -0.2) is 46.2 Å². The summed E-state index contributed by atoms with van der Waals surface area (Å²) in [5.41, 5.74) is 0.498. The van der Waals surface area contributed by atoms with Gasteiger partial charge in [0.25, 0.3) is 5.91 Å². The van der Waals surface area contributed by atoms with E-state index in [9.17, 15) is 9.90 Å². The summed E-state index contributed by atoms with van der Waals surface area (Å²) in [6.07, 6.45) is 1.60. The topological polar surface area (TPSA) is 101 Å². The Kier molecular flexibility index (Phi) is 3.44. The van der Waals surface area contributed by atoms with Crippen LogP contribution in [0.2, 0.25) is 0 Å². The number of phenols is 1. The van der Waals surface area contributed by atoms with Crippen LogP contribution >= 0.6 is 0 Å². The van der Waals surface area contributed by atoms with Crippen molar-refractivity contribution >= 4 is 11.6 Å². The number of phenolic OH excluding ortho intramolecular Hbond substituents is 1. The highest BCUT2D eigenvalue weighted by Gasteiger charge is 2.22. The Morgan fingerprint density at radius 3 is 2.95 bits per heavy atom. The number of nitrogens with one attached hydrogen (secondary N) is 2. The van der Waals surface area contributed by atoms with Crippen LogP contribution in [0.25, 0.3) is 0 Å². The smallest absolute Gasteiger partial charge is 0.277 e. The van der Waals surface area contributed by atoms with Gasteiger partial charge >= 0.3 is 0 Å². The lowest BCUT2D eigenvalue weighted by Crippen LogP contribution is -2.43. The van der Waals surface area contributed by atoms with Gasteiger partial charge in [-0.05, 0) is 12.1 Å². The molecule has 1 aliphatic rings. The largest absolute Gasteiger partial charge is 0.506 e. The number of aromatic hydroxyl groups is 1. The molecule has 1 aromatic heterocycles. The van der Waals surface area contributed by atoms with E-state index in [1.54, 1.807) is 23.0 Å². The van der Waals surface area contributed by atoms with Crippen LogP contribution in [0.1, 0.15) is 16.5 Å². The molecule has 110 valence electrons. The molecule has 8 nitrogen and oxygen atoms in total. The van der Waals surface area contributed by atoms with Gasteiger partial charge in [0.2, 0.25) is 0 Å². The Morgan fingerprint density at radius 2 is 2.33 bits per heavy atom. The number of aromatic nitrogens is 3. The second kappa shape index (κ2) is 5.41. The minimum atomic E-state index is -0.422. The number of ether oxygens (including phenoxy) is 1. The molecule has 1 aromatic carbocycles. The summed E-state index contributed by atoms with van der Waals surface area (Å²) < 4.78 is 6.65. The number of nitrogens with zero attached hydrogens (tertiary/aromatic N) is 3. The number of anilines is 1. The van der Waals surface area contributed by atoms with Crippen molar-refractivity contribution in [3.63, 3.8) is 0 Å². The first-order valence-corrected chi connectivity index (χ1v) is 6.48. The van der Waals surface area contributed by atoms with Crippen molar-refractivity contribution in [2.24, 2.45) is 0 Å². The van der Waals surface area contributed by atoms with Gasteiger partial charge in [-0.2, -0.15) is 0 Å². The lowest BCUT2D eigenvalue weighted by molar-refractivity contribution is 0.102. The van der Waals surface area contributed by atoms with E-state index in [0.29, 0.717) is 11.4 Å². The molecule has 3 N–H and O–H groups in total. The fraction of sp³-hybridized carbons (Fsp3) is 0.308. The van der Waals surface area contributed by atoms with Gasteiger partial charge < -0.3 is 20.5 Å². The first-order valence-electron chi connectivity index (χ1n) is 6.48. The number of hydrogen-bond acceptors (Lipinski definition) is 6. The third-order valence-electron chi connectivity index (χ3n) is 3.33. The molecular formula is C13H15N5O3. The Hall–Kier alpha value is -2.61. The fourth-order valence-electron chi connectivity index (χ4n) is 1.95. The van der Waals surface area contributed by atoms with Gasteiger partial charge in [-0.1, -0.05) is 5.21 Å². The molecule has 0 aliphatic carbocycles. The predicted molar refractivity (Wildman–Crippen MR) is 74.5 cm³/mol. The number of carbonyl (C=O) groups excluding carboxylic acids is 1. The van der Waals surface area contributed by atoms with E-state index in [1.165, 1.54) is 13.2 Å². The van der Waals surface area contributed by atoms with Crippen molar-refractivity contribution in [3.05, 3.63) is 30.1 Å². The molecule has 1 saturated heterocycles. The van der Waals surface area contributed by atoms with Gasteiger partial charge in [0.05, 0.1) is 25.0 Å². The van der Waals surface area contributed by atoms with Crippen molar-refractivity contribution in [3.8, 4) is 11.5 Å². The van der Waals surface area contributed by atoms with E-state index in [-0.39, 0.29) is 17.5 Å². The molecule has 0 radical (unpaired) electrons. The predicted octanol–water partition coefficient (Wildman–Crippen LogP) is 0.389. The van der Waals surface area contributed by atoms with Gasteiger partial charge in [-0.3, -0.25) is 4.79 Å². The van der Waals surface area contributed by atoms with Crippen molar-refractivity contribution in [1.82, 2.24) is 20.3 Å². The molecule has 0 unspecified atom stereocenters. The molecule has 8 heteroatoms. The normalized spacial score (nSPS) is 14.5. The molecule has 3 rings (SSSR count). The Labute approximate surface area is 120 Å². The molecule has 0 saturated carbocycles. The zero-order valence-electron chi connectivity index (χ0n) is 11.4. The van der Waals surface area contributed by atoms with Crippen molar-refractivity contribution in [1.29, 1.82) is 0 Å². The van der Waals surface area contributed by atoms with E-state index < -0.39 is 5.91 Å². The monoisotopic (exact) mass is 289 g/mol. The molecule has 1 aliphatic heterocycles. The van der Waals surface area contributed by atoms with Gasteiger partial charge in [0.15, 0.2) is 5.69 Å². The molecular weight excluding hydrogens is 274 g/mol. The third-order valence-corrected chi connectivity index (χ3v) is 3.33. The van der Waals surface area contributed by atoms with Crippen molar-refractivity contribution < 1.29 is 14.6 Å². The highest BCUT2D eigenvalue weighted by atomic mass is 16.5. The lowest BCUT2D eigenvalue weighted by Gasteiger charge is -2.26. The van der Waals surface area contributed by atoms with Gasteiger partial charge in [0.1, 0.15) is 11.5 Å². The van der Waals surface area contributed by atoms with E-state index in [4.69, 9.17) is 4.74 Å². The van der Waals surface area contributed by atoms with E-state index in [0.717, 1.165) is 13.1 Å². The second-order valence-corrected chi connectivity index (χ2v) is 4.73. The summed E-state index contributed by atoms with van der Waals surface area (Å²) >= 11 is 0. The molecule has 1 amide bonds.